The minimum Gasteiger partial charge on any atom is -0.497 e. The lowest BCUT2D eigenvalue weighted by Gasteiger charge is -2.11. The molecule has 1 N–H and O–H groups in total. The number of hydrogen-bond donors (Lipinski definition) is 1. The van der Waals surface area contributed by atoms with E-state index in [1.165, 1.54) is 4.68 Å². The summed E-state index contributed by atoms with van der Waals surface area (Å²) in [5.41, 5.74) is 2.35. The number of rotatable bonds is 4. The van der Waals surface area contributed by atoms with Crippen LogP contribution in [0.3, 0.4) is 0 Å². The fourth-order valence-electron chi connectivity index (χ4n) is 4.02. The molecule has 0 saturated heterocycles. The number of methoxy groups -OCH3 is 1. The molecule has 33 heavy (non-hydrogen) atoms. The molecule has 0 spiro atoms. The normalized spacial score (nSPS) is 11.1. The third-order valence-electron chi connectivity index (χ3n) is 5.60. The molecule has 0 aliphatic heterocycles. The molecule has 2 aromatic carbocycles. The Hall–Kier alpha value is -4.46. The van der Waals surface area contributed by atoms with Crippen molar-refractivity contribution in [3.05, 3.63) is 88.5 Å². The molecular formula is C25H21N5O3. The van der Waals surface area contributed by atoms with Crippen LogP contribution in [0.4, 0.5) is 5.82 Å². The second-order valence-corrected chi connectivity index (χ2v) is 7.68. The molecule has 5 aromatic rings. The maximum Gasteiger partial charge on any atom is 0.296 e. The Bertz CT molecular complexity index is 1580. The quantitative estimate of drug-likeness (QED) is 0.459. The molecule has 8 nitrogen and oxygen atoms in total. The zero-order valence-electron chi connectivity index (χ0n) is 18.4. The van der Waals surface area contributed by atoms with Crippen molar-refractivity contribution in [3.63, 3.8) is 0 Å². The molecule has 0 atom stereocenters. The Labute approximate surface area is 189 Å². The summed E-state index contributed by atoms with van der Waals surface area (Å²) < 4.78 is 8.27. The van der Waals surface area contributed by atoms with Crippen LogP contribution in [0.2, 0.25) is 0 Å². The number of anilines is 1. The highest BCUT2D eigenvalue weighted by molar-refractivity contribution is 6.19. The predicted molar refractivity (Wildman–Crippen MR) is 127 cm³/mol. The first kappa shape index (κ1) is 20.4. The summed E-state index contributed by atoms with van der Waals surface area (Å²) in [4.78, 5) is 31.3. The lowest BCUT2D eigenvalue weighted by Crippen LogP contribution is -2.27. The van der Waals surface area contributed by atoms with E-state index in [-0.39, 0.29) is 11.3 Å². The van der Waals surface area contributed by atoms with Crippen LogP contribution in [0.5, 0.6) is 5.75 Å². The second kappa shape index (κ2) is 7.90. The van der Waals surface area contributed by atoms with E-state index in [1.807, 2.05) is 50.4 Å². The minimum atomic E-state index is -0.447. The van der Waals surface area contributed by atoms with Crippen LogP contribution in [0.1, 0.15) is 16.2 Å². The monoisotopic (exact) mass is 439 g/mol. The standard InChI is InChI=1S/C25H21N5O3/c1-15-7-6-10-20(26-15)27-24(31)22-21-18-8-4-5-9-19(18)29(2)23(21)25(32)30(28-22)16-11-13-17(33-3)14-12-16/h4-14H,1-3H3,(H,26,27,31). The Morgan fingerprint density at radius 3 is 2.48 bits per heavy atom. The summed E-state index contributed by atoms with van der Waals surface area (Å²) in [6.07, 6.45) is 0. The molecule has 3 heterocycles. The van der Waals surface area contributed by atoms with E-state index < -0.39 is 5.91 Å². The van der Waals surface area contributed by atoms with Gasteiger partial charge >= 0.3 is 0 Å². The molecule has 0 radical (unpaired) electrons. The molecule has 0 aliphatic carbocycles. The molecule has 0 saturated carbocycles. The molecular weight excluding hydrogens is 418 g/mol. The van der Waals surface area contributed by atoms with Crippen LogP contribution in [-0.4, -0.2) is 32.3 Å². The smallest absolute Gasteiger partial charge is 0.296 e. The van der Waals surface area contributed by atoms with E-state index in [2.05, 4.69) is 15.4 Å². The van der Waals surface area contributed by atoms with Gasteiger partial charge < -0.3 is 14.6 Å². The Kier molecular flexibility index (Phi) is 4.90. The molecule has 0 fully saturated rings. The van der Waals surface area contributed by atoms with Gasteiger partial charge in [0.2, 0.25) is 0 Å². The van der Waals surface area contributed by atoms with Gasteiger partial charge in [-0.1, -0.05) is 24.3 Å². The highest BCUT2D eigenvalue weighted by atomic mass is 16.5. The number of aryl methyl sites for hydroxylation is 2. The van der Waals surface area contributed by atoms with Gasteiger partial charge in [0.1, 0.15) is 17.1 Å². The topological polar surface area (TPSA) is 91.0 Å². The maximum absolute atomic E-state index is 13.6. The number of carbonyl (C=O) groups excluding carboxylic acids is 1. The molecule has 3 aromatic heterocycles. The first-order valence-corrected chi connectivity index (χ1v) is 10.4. The zero-order chi connectivity index (χ0) is 23.1. The number of fused-ring (bicyclic) bond motifs is 3. The van der Waals surface area contributed by atoms with E-state index in [0.717, 1.165) is 16.6 Å². The van der Waals surface area contributed by atoms with Crippen LogP contribution < -0.4 is 15.6 Å². The van der Waals surface area contributed by atoms with Gasteiger partial charge in [-0.2, -0.15) is 9.78 Å². The van der Waals surface area contributed by atoms with Crippen molar-refractivity contribution in [3.8, 4) is 11.4 Å². The van der Waals surface area contributed by atoms with Crippen LogP contribution in [0, 0.1) is 6.92 Å². The molecule has 8 heteroatoms. The van der Waals surface area contributed by atoms with Crippen molar-refractivity contribution in [1.82, 2.24) is 19.3 Å². The number of aromatic nitrogens is 4. The summed E-state index contributed by atoms with van der Waals surface area (Å²) in [6, 6.07) is 19.9. The summed E-state index contributed by atoms with van der Waals surface area (Å²) in [5, 5.41) is 8.63. The van der Waals surface area contributed by atoms with Gasteiger partial charge in [0.15, 0.2) is 5.69 Å². The van der Waals surface area contributed by atoms with Crippen molar-refractivity contribution in [2.24, 2.45) is 7.05 Å². The first-order chi connectivity index (χ1) is 16.0. The van der Waals surface area contributed by atoms with Crippen molar-refractivity contribution in [2.75, 3.05) is 12.4 Å². The highest BCUT2D eigenvalue weighted by Crippen LogP contribution is 2.29. The number of nitrogens with zero attached hydrogens (tertiary/aromatic N) is 4. The van der Waals surface area contributed by atoms with Crippen molar-refractivity contribution >= 4 is 33.5 Å². The summed E-state index contributed by atoms with van der Waals surface area (Å²) in [7, 11) is 3.39. The molecule has 164 valence electrons. The third kappa shape index (κ3) is 3.41. The Balaban J connectivity index is 1.78. The molecule has 0 unspecified atom stereocenters. The van der Waals surface area contributed by atoms with E-state index in [9.17, 15) is 9.59 Å². The van der Waals surface area contributed by atoms with Gasteiger partial charge in [0.25, 0.3) is 11.5 Å². The average Bonchev–Trinajstić information content (AvgIpc) is 3.13. The van der Waals surface area contributed by atoms with Gasteiger partial charge in [-0.3, -0.25) is 9.59 Å². The lowest BCUT2D eigenvalue weighted by molar-refractivity contribution is 0.102. The number of pyridine rings is 1. The molecule has 0 bridgehead atoms. The zero-order valence-corrected chi connectivity index (χ0v) is 18.4. The Morgan fingerprint density at radius 2 is 1.76 bits per heavy atom. The van der Waals surface area contributed by atoms with Gasteiger partial charge in [-0.05, 0) is 49.4 Å². The van der Waals surface area contributed by atoms with E-state index >= 15 is 0 Å². The van der Waals surface area contributed by atoms with E-state index in [4.69, 9.17) is 4.74 Å². The van der Waals surface area contributed by atoms with Gasteiger partial charge in [0.05, 0.1) is 12.8 Å². The SMILES string of the molecule is COc1ccc(-n2nc(C(=O)Nc3cccc(C)n3)c3c4ccccc4n(C)c3c2=O)cc1. The number of ether oxygens (including phenoxy) is 1. The van der Waals surface area contributed by atoms with Gasteiger partial charge in [-0.25, -0.2) is 4.98 Å². The summed E-state index contributed by atoms with van der Waals surface area (Å²) >= 11 is 0. The molecule has 1 amide bonds. The average molecular weight is 439 g/mol. The van der Waals surface area contributed by atoms with Crippen molar-refractivity contribution in [2.45, 2.75) is 6.92 Å². The number of para-hydroxylation sites is 1. The lowest BCUT2D eigenvalue weighted by atomic mass is 10.1. The van der Waals surface area contributed by atoms with Crippen molar-refractivity contribution < 1.29 is 9.53 Å². The fourth-order valence-corrected chi connectivity index (χ4v) is 4.02. The van der Waals surface area contributed by atoms with Gasteiger partial charge in [0, 0.05) is 29.0 Å². The maximum atomic E-state index is 13.6. The van der Waals surface area contributed by atoms with Crippen LogP contribution in [-0.2, 0) is 7.05 Å². The van der Waals surface area contributed by atoms with Crippen molar-refractivity contribution in [1.29, 1.82) is 0 Å². The summed E-state index contributed by atoms with van der Waals surface area (Å²) in [5.74, 6) is 0.620. The third-order valence-corrected chi connectivity index (χ3v) is 5.60. The Morgan fingerprint density at radius 1 is 1.00 bits per heavy atom. The largest absolute Gasteiger partial charge is 0.497 e. The second-order valence-electron chi connectivity index (χ2n) is 7.68. The molecule has 0 aliphatic rings. The molecule has 5 rings (SSSR count). The van der Waals surface area contributed by atoms with Crippen LogP contribution in [0.25, 0.3) is 27.5 Å². The van der Waals surface area contributed by atoms with Gasteiger partial charge in [-0.15, -0.1) is 0 Å². The van der Waals surface area contributed by atoms with Crippen LogP contribution in [0.15, 0.2) is 71.5 Å². The highest BCUT2D eigenvalue weighted by Gasteiger charge is 2.23. The van der Waals surface area contributed by atoms with E-state index in [1.54, 1.807) is 42.0 Å². The number of hydrogen-bond acceptors (Lipinski definition) is 5. The summed E-state index contributed by atoms with van der Waals surface area (Å²) in [6.45, 7) is 1.85. The van der Waals surface area contributed by atoms with E-state index in [0.29, 0.717) is 28.2 Å². The minimum absolute atomic E-state index is 0.139. The number of benzene rings is 2. The fraction of sp³-hybridized carbons (Fsp3) is 0.120. The number of amides is 1. The van der Waals surface area contributed by atoms with Crippen LogP contribution >= 0.6 is 0 Å². The first-order valence-electron chi connectivity index (χ1n) is 10.4. The number of carbonyl (C=O) groups is 1. The predicted octanol–water partition coefficient (Wildman–Crippen LogP) is 3.84. The number of nitrogens with one attached hydrogen (secondary N) is 1.